The normalized spacial score (nSPS) is 16.8. The predicted molar refractivity (Wildman–Crippen MR) is 62.1 cm³/mol. The smallest absolute Gasteiger partial charge is 0.329 e. The summed E-state index contributed by atoms with van der Waals surface area (Å²) in [7, 11) is 0. The monoisotopic (exact) mass is 268 g/mol. The summed E-state index contributed by atoms with van der Waals surface area (Å²) < 4.78 is 18.5. The molecule has 0 atom stereocenters. The lowest BCUT2D eigenvalue weighted by Gasteiger charge is -2.47. The van der Waals surface area contributed by atoms with E-state index in [-0.39, 0.29) is 18.7 Å². The van der Waals surface area contributed by atoms with Crippen molar-refractivity contribution in [2.24, 2.45) is 0 Å². The molecule has 0 bridgehead atoms. The molecule has 1 amide bonds. The summed E-state index contributed by atoms with van der Waals surface area (Å²) in [6, 6.07) is 2.84. The zero-order valence-corrected chi connectivity index (χ0v) is 10.3. The number of carboxylic acid groups (broad SMARTS) is 1. The summed E-state index contributed by atoms with van der Waals surface area (Å²) in [5.41, 5.74) is -0.782. The average Bonchev–Trinajstić information content (AvgIpc) is 2.33. The first-order chi connectivity index (χ1) is 8.91. The van der Waals surface area contributed by atoms with Crippen molar-refractivity contribution in [3.63, 3.8) is 0 Å². The average molecular weight is 268 g/mol. The number of ether oxygens (including phenoxy) is 1. The Morgan fingerprint density at radius 2 is 2.26 bits per heavy atom. The first kappa shape index (κ1) is 13.4. The van der Waals surface area contributed by atoms with Crippen molar-refractivity contribution in [2.75, 3.05) is 19.7 Å². The molecule has 0 spiro atoms. The number of nitrogens with zero attached hydrogens (tertiary/aromatic N) is 2. The quantitative estimate of drug-likeness (QED) is 0.806. The fourth-order valence-electron chi connectivity index (χ4n) is 1.95. The second kappa shape index (κ2) is 4.93. The van der Waals surface area contributed by atoms with Crippen molar-refractivity contribution in [2.45, 2.75) is 12.5 Å². The third kappa shape index (κ3) is 2.87. The second-order valence-corrected chi connectivity index (χ2v) is 4.64. The first-order valence-electron chi connectivity index (χ1n) is 5.67. The molecule has 2 rings (SSSR count). The van der Waals surface area contributed by atoms with E-state index < -0.39 is 30.0 Å². The summed E-state index contributed by atoms with van der Waals surface area (Å²) in [6.45, 7) is 1.75. The van der Waals surface area contributed by atoms with E-state index in [2.05, 4.69) is 4.98 Å². The van der Waals surface area contributed by atoms with E-state index in [1.54, 1.807) is 6.92 Å². The van der Waals surface area contributed by atoms with Crippen molar-refractivity contribution in [1.82, 2.24) is 9.88 Å². The largest absolute Gasteiger partial charge is 0.480 e. The maximum Gasteiger partial charge on any atom is 0.329 e. The molecule has 1 N–H and O–H groups in total. The fourth-order valence-corrected chi connectivity index (χ4v) is 1.95. The minimum Gasteiger partial charge on any atom is -0.480 e. The van der Waals surface area contributed by atoms with Crippen LogP contribution in [0.4, 0.5) is 4.39 Å². The standard InChI is InChI=1S/C12H13FN2O4/c1-12(19-5-9(16)17)6-15(7-12)11(18)8-3-2-4-14-10(8)13/h2-4H,5-7H2,1H3,(H,16,17). The van der Waals surface area contributed by atoms with Gasteiger partial charge in [-0.05, 0) is 19.1 Å². The molecule has 0 saturated carbocycles. The Kier molecular flexibility index (Phi) is 3.48. The van der Waals surface area contributed by atoms with E-state index in [1.165, 1.54) is 23.2 Å². The van der Waals surface area contributed by atoms with Gasteiger partial charge in [-0.1, -0.05) is 0 Å². The number of aromatic nitrogens is 1. The zero-order chi connectivity index (χ0) is 14.0. The Hall–Kier alpha value is -2.02. The van der Waals surface area contributed by atoms with Gasteiger partial charge in [-0.25, -0.2) is 9.78 Å². The van der Waals surface area contributed by atoms with E-state index >= 15 is 0 Å². The lowest BCUT2D eigenvalue weighted by atomic mass is 9.95. The number of likely N-dealkylation sites (tertiary alicyclic amines) is 1. The summed E-state index contributed by atoms with van der Waals surface area (Å²) in [6.07, 6.45) is 1.27. The highest BCUT2D eigenvalue weighted by Gasteiger charge is 2.43. The highest BCUT2D eigenvalue weighted by atomic mass is 19.1. The molecule has 1 saturated heterocycles. The lowest BCUT2D eigenvalue weighted by Crippen LogP contribution is -2.63. The third-order valence-electron chi connectivity index (χ3n) is 2.87. The maximum absolute atomic E-state index is 13.3. The molecule has 0 unspecified atom stereocenters. The molecule has 0 aliphatic carbocycles. The molecule has 1 aromatic rings. The van der Waals surface area contributed by atoms with Crippen molar-refractivity contribution < 1.29 is 23.8 Å². The maximum atomic E-state index is 13.3. The van der Waals surface area contributed by atoms with Gasteiger partial charge in [-0.2, -0.15) is 4.39 Å². The summed E-state index contributed by atoms with van der Waals surface area (Å²) in [5, 5.41) is 8.52. The summed E-state index contributed by atoms with van der Waals surface area (Å²) in [4.78, 5) is 27.2. The minimum atomic E-state index is -1.07. The number of carboxylic acids is 1. The van der Waals surface area contributed by atoms with Gasteiger partial charge < -0.3 is 14.7 Å². The molecule has 1 aliphatic rings. The van der Waals surface area contributed by atoms with Crippen molar-refractivity contribution in [3.05, 3.63) is 29.8 Å². The van der Waals surface area contributed by atoms with Gasteiger partial charge in [0.05, 0.1) is 18.7 Å². The summed E-state index contributed by atoms with van der Waals surface area (Å²) >= 11 is 0. The van der Waals surface area contributed by atoms with E-state index in [9.17, 15) is 14.0 Å². The highest BCUT2D eigenvalue weighted by Crippen LogP contribution is 2.26. The Morgan fingerprint density at radius 1 is 1.58 bits per heavy atom. The number of rotatable bonds is 4. The van der Waals surface area contributed by atoms with Crippen LogP contribution in [-0.4, -0.2) is 52.2 Å². The predicted octanol–water partition coefficient (Wildman–Crippen LogP) is 0.536. The first-order valence-corrected chi connectivity index (χ1v) is 5.67. The van der Waals surface area contributed by atoms with Gasteiger partial charge in [-0.15, -0.1) is 0 Å². The Bertz CT molecular complexity index is 514. The minimum absolute atomic E-state index is 0.0946. The van der Waals surface area contributed by atoms with Crippen LogP contribution in [-0.2, 0) is 9.53 Å². The van der Waals surface area contributed by atoms with Gasteiger partial charge in [0, 0.05) is 6.20 Å². The Morgan fingerprint density at radius 3 is 2.84 bits per heavy atom. The molecule has 102 valence electrons. The van der Waals surface area contributed by atoms with Gasteiger partial charge in [0.25, 0.3) is 5.91 Å². The molecule has 1 fully saturated rings. The van der Waals surface area contributed by atoms with Gasteiger partial charge in [0.15, 0.2) is 0 Å². The number of hydrogen-bond donors (Lipinski definition) is 1. The van der Waals surface area contributed by atoms with E-state index in [1.807, 2.05) is 0 Å². The molecule has 6 nitrogen and oxygen atoms in total. The van der Waals surface area contributed by atoms with Gasteiger partial charge >= 0.3 is 5.97 Å². The van der Waals surface area contributed by atoms with Crippen LogP contribution in [0, 0.1) is 5.95 Å². The lowest BCUT2D eigenvalue weighted by molar-refractivity contribution is -0.159. The van der Waals surface area contributed by atoms with Gasteiger partial charge in [-0.3, -0.25) is 4.79 Å². The van der Waals surface area contributed by atoms with Crippen molar-refractivity contribution >= 4 is 11.9 Å². The highest BCUT2D eigenvalue weighted by molar-refractivity contribution is 5.94. The van der Waals surface area contributed by atoms with Gasteiger partial charge in [0.2, 0.25) is 5.95 Å². The number of carbonyl (C=O) groups is 2. The number of amides is 1. The Labute approximate surface area is 108 Å². The number of carbonyl (C=O) groups excluding carboxylic acids is 1. The van der Waals surface area contributed by atoms with Crippen LogP contribution in [0.1, 0.15) is 17.3 Å². The number of aliphatic carboxylic acids is 1. The van der Waals surface area contributed by atoms with Crippen LogP contribution in [0.15, 0.2) is 18.3 Å². The van der Waals surface area contributed by atoms with Crippen molar-refractivity contribution in [3.8, 4) is 0 Å². The summed E-state index contributed by atoms with van der Waals surface area (Å²) in [5.74, 6) is -2.35. The Balaban J connectivity index is 1.95. The molecule has 2 heterocycles. The molecular weight excluding hydrogens is 255 g/mol. The number of halogens is 1. The van der Waals surface area contributed by atoms with Crippen LogP contribution in [0.5, 0.6) is 0 Å². The number of pyridine rings is 1. The van der Waals surface area contributed by atoms with Crippen LogP contribution >= 0.6 is 0 Å². The SMILES string of the molecule is CC1(OCC(=O)O)CN(C(=O)c2cccnc2F)C1. The van der Waals surface area contributed by atoms with E-state index in [0.29, 0.717) is 0 Å². The molecule has 0 radical (unpaired) electrons. The molecule has 0 aromatic carbocycles. The molecular formula is C12H13FN2O4. The molecule has 7 heteroatoms. The van der Waals surface area contributed by atoms with E-state index in [4.69, 9.17) is 9.84 Å². The molecule has 1 aromatic heterocycles. The second-order valence-electron chi connectivity index (χ2n) is 4.64. The third-order valence-corrected chi connectivity index (χ3v) is 2.87. The van der Waals surface area contributed by atoms with Crippen LogP contribution in [0.25, 0.3) is 0 Å². The number of hydrogen-bond acceptors (Lipinski definition) is 4. The zero-order valence-electron chi connectivity index (χ0n) is 10.3. The van der Waals surface area contributed by atoms with Crippen LogP contribution in [0.3, 0.4) is 0 Å². The topological polar surface area (TPSA) is 79.7 Å². The van der Waals surface area contributed by atoms with Crippen LogP contribution in [0.2, 0.25) is 0 Å². The van der Waals surface area contributed by atoms with Crippen LogP contribution < -0.4 is 0 Å². The molecule has 19 heavy (non-hydrogen) atoms. The fraction of sp³-hybridized carbons (Fsp3) is 0.417. The van der Waals surface area contributed by atoms with Crippen molar-refractivity contribution in [1.29, 1.82) is 0 Å². The van der Waals surface area contributed by atoms with E-state index in [0.717, 1.165) is 0 Å². The van der Waals surface area contributed by atoms with Gasteiger partial charge in [0.1, 0.15) is 12.2 Å². The molecule has 1 aliphatic heterocycles.